The fourth-order valence-electron chi connectivity index (χ4n) is 8.47. The lowest BCUT2D eigenvalue weighted by Crippen LogP contribution is -2.01. The Hall–Kier alpha value is -7.49. The van der Waals surface area contributed by atoms with Gasteiger partial charge in [-0.3, -0.25) is 0 Å². The van der Waals surface area contributed by atoms with Crippen LogP contribution in [0.1, 0.15) is 0 Å². The van der Waals surface area contributed by atoms with E-state index in [1.165, 1.54) is 49.0 Å². The van der Waals surface area contributed by atoms with Gasteiger partial charge in [-0.15, -0.1) is 0 Å². The quantitative estimate of drug-likeness (QED) is 0.167. The van der Waals surface area contributed by atoms with Gasteiger partial charge in [-0.05, 0) is 82.2 Å². The predicted octanol–water partition coefficient (Wildman–Crippen LogP) is 14.0. The third-order valence-electron chi connectivity index (χ3n) is 11.1. The second kappa shape index (κ2) is 13.1. The molecule has 0 aliphatic rings. The Morgan fingerprint density at radius 2 is 0.607 bits per heavy atom. The topological polar surface area (TPSA) is 38.7 Å². The summed E-state index contributed by atoms with van der Waals surface area (Å²) in [7, 11) is 0. The largest absolute Gasteiger partial charge is 0.208 e. The maximum atomic E-state index is 5.18. The van der Waals surface area contributed by atoms with Gasteiger partial charge in [0.25, 0.3) is 0 Å². The molecule has 0 aliphatic heterocycles. The Morgan fingerprint density at radius 3 is 1.14 bits per heavy atom. The van der Waals surface area contributed by atoms with Crippen LogP contribution in [-0.4, -0.2) is 15.0 Å². The standard InChI is InChI=1S/C53H33N3/c1-2-16-39-33-40(32-27-34(39)13-1)50-45-23-9-7-21-43(45)49(44-22-8-10-24-46(44)50)37-28-30-38(31-29-37)51-54-52(47-25-11-17-35-14-3-5-19-41(35)47)56-53(55-51)48-26-12-18-36-15-4-6-20-42(36)48/h1-33H. The molecule has 0 saturated heterocycles. The molecule has 0 N–H and O–H groups in total. The van der Waals surface area contributed by atoms with Crippen LogP contribution in [-0.2, 0) is 0 Å². The number of hydrogen-bond acceptors (Lipinski definition) is 3. The molecule has 3 heteroatoms. The van der Waals surface area contributed by atoms with Crippen LogP contribution < -0.4 is 0 Å². The zero-order chi connectivity index (χ0) is 37.0. The fourth-order valence-corrected chi connectivity index (χ4v) is 8.47. The molecule has 1 heterocycles. The molecule has 0 fully saturated rings. The Labute approximate surface area is 324 Å². The summed E-state index contributed by atoms with van der Waals surface area (Å²) >= 11 is 0. The van der Waals surface area contributed by atoms with Crippen molar-refractivity contribution in [3.8, 4) is 56.4 Å². The zero-order valence-electron chi connectivity index (χ0n) is 30.4. The summed E-state index contributed by atoms with van der Waals surface area (Å²) < 4.78 is 0. The summed E-state index contributed by atoms with van der Waals surface area (Å²) in [5.41, 5.74) is 7.73. The Morgan fingerprint density at radius 1 is 0.232 bits per heavy atom. The Kier molecular flexibility index (Phi) is 7.49. The molecule has 0 amide bonds. The first-order chi connectivity index (χ1) is 27.8. The van der Waals surface area contributed by atoms with Gasteiger partial charge in [0.05, 0.1) is 0 Å². The number of rotatable bonds is 5. The molecule has 11 rings (SSSR count). The van der Waals surface area contributed by atoms with Crippen LogP contribution in [0.5, 0.6) is 0 Å². The van der Waals surface area contributed by atoms with E-state index in [1.807, 2.05) is 0 Å². The van der Waals surface area contributed by atoms with Crippen molar-refractivity contribution in [1.82, 2.24) is 15.0 Å². The predicted molar refractivity (Wildman–Crippen MR) is 235 cm³/mol. The molecule has 0 atom stereocenters. The SMILES string of the molecule is c1ccc2cc(-c3c4ccccc4c(-c4ccc(-c5nc(-c6cccc7ccccc67)nc(-c6cccc7ccccc67)n5)cc4)c4ccccc34)ccc2c1. The molecule has 3 nitrogen and oxygen atoms in total. The summed E-state index contributed by atoms with van der Waals surface area (Å²) in [6.07, 6.45) is 0. The summed E-state index contributed by atoms with van der Waals surface area (Å²) in [5, 5.41) is 11.9. The van der Waals surface area contributed by atoms with Gasteiger partial charge < -0.3 is 0 Å². The lowest BCUT2D eigenvalue weighted by molar-refractivity contribution is 1.08. The number of hydrogen-bond donors (Lipinski definition) is 0. The molecule has 0 aliphatic carbocycles. The summed E-state index contributed by atoms with van der Waals surface area (Å²) in [6.45, 7) is 0. The lowest BCUT2D eigenvalue weighted by atomic mass is 9.85. The lowest BCUT2D eigenvalue weighted by Gasteiger charge is -2.18. The number of nitrogens with zero attached hydrogens (tertiary/aromatic N) is 3. The summed E-state index contributed by atoms with van der Waals surface area (Å²) in [6, 6.07) is 71.2. The van der Waals surface area contributed by atoms with Crippen molar-refractivity contribution >= 4 is 53.9 Å². The monoisotopic (exact) mass is 711 g/mol. The van der Waals surface area contributed by atoms with Crippen LogP contribution >= 0.6 is 0 Å². The third-order valence-corrected chi connectivity index (χ3v) is 11.1. The highest BCUT2D eigenvalue weighted by molar-refractivity contribution is 6.21. The van der Waals surface area contributed by atoms with E-state index in [-0.39, 0.29) is 0 Å². The van der Waals surface area contributed by atoms with Gasteiger partial charge in [0.15, 0.2) is 17.5 Å². The number of benzene rings is 10. The van der Waals surface area contributed by atoms with E-state index in [9.17, 15) is 0 Å². The van der Waals surface area contributed by atoms with Crippen LogP contribution in [0, 0.1) is 0 Å². The van der Waals surface area contributed by atoms with Crippen LogP contribution in [0.3, 0.4) is 0 Å². The van der Waals surface area contributed by atoms with Crippen molar-refractivity contribution in [3.63, 3.8) is 0 Å². The number of aromatic nitrogens is 3. The van der Waals surface area contributed by atoms with Gasteiger partial charge in [0.1, 0.15) is 0 Å². The summed E-state index contributed by atoms with van der Waals surface area (Å²) in [5.74, 6) is 1.94. The molecular formula is C53H33N3. The van der Waals surface area contributed by atoms with E-state index in [4.69, 9.17) is 15.0 Å². The van der Waals surface area contributed by atoms with E-state index in [2.05, 4.69) is 200 Å². The first kappa shape index (κ1) is 32.0. The minimum atomic E-state index is 0.638. The molecule has 0 spiro atoms. The molecule has 11 aromatic rings. The first-order valence-corrected chi connectivity index (χ1v) is 19.0. The highest BCUT2D eigenvalue weighted by Gasteiger charge is 2.19. The number of fused-ring (bicyclic) bond motifs is 5. The molecule has 0 saturated carbocycles. The van der Waals surface area contributed by atoms with Crippen molar-refractivity contribution in [1.29, 1.82) is 0 Å². The fraction of sp³-hybridized carbons (Fsp3) is 0. The minimum Gasteiger partial charge on any atom is -0.208 e. The average molecular weight is 712 g/mol. The molecular weight excluding hydrogens is 679 g/mol. The van der Waals surface area contributed by atoms with E-state index < -0.39 is 0 Å². The maximum absolute atomic E-state index is 5.18. The Balaban J connectivity index is 1.09. The highest BCUT2D eigenvalue weighted by atomic mass is 15.0. The van der Waals surface area contributed by atoms with Gasteiger partial charge in [-0.25, -0.2) is 15.0 Å². The van der Waals surface area contributed by atoms with Crippen molar-refractivity contribution in [2.24, 2.45) is 0 Å². The van der Waals surface area contributed by atoms with Gasteiger partial charge in [-0.2, -0.15) is 0 Å². The zero-order valence-corrected chi connectivity index (χ0v) is 30.4. The molecule has 1 aromatic heterocycles. The molecule has 0 bridgehead atoms. The van der Waals surface area contributed by atoms with Crippen molar-refractivity contribution in [3.05, 3.63) is 200 Å². The minimum absolute atomic E-state index is 0.638. The van der Waals surface area contributed by atoms with Gasteiger partial charge in [0, 0.05) is 16.7 Å². The average Bonchev–Trinajstić information content (AvgIpc) is 3.27. The highest BCUT2D eigenvalue weighted by Crippen LogP contribution is 2.44. The Bertz CT molecular complexity index is 3140. The van der Waals surface area contributed by atoms with Crippen LogP contribution in [0.15, 0.2) is 200 Å². The van der Waals surface area contributed by atoms with E-state index >= 15 is 0 Å². The van der Waals surface area contributed by atoms with Crippen molar-refractivity contribution in [2.75, 3.05) is 0 Å². The second-order valence-corrected chi connectivity index (χ2v) is 14.3. The summed E-state index contributed by atoms with van der Waals surface area (Å²) in [4.78, 5) is 15.5. The van der Waals surface area contributed by atoms with E-state index in [0.717, 1.165) is 43.8 Å². The molecule has 0 radical (unpaired) electrons. The normalized spacial score (nSPS) is 11.6. The van der Waals surface area contributed by atoms with Crippen molar-refractivity contribution in [2.45, 2.75) is 0 Å². The molecule has 0 unspecified atom stereocenters. The second-order valence-electron chi connectivity index (χ2n) is 14.3. The third kappa shape index (κ3) is 5.32. The maximum Gasteiger partial charge on any atom is 0.164 e. The van der Waals surface area contributed by atoms with Gasteiger partial charge >= 0.3 is 0 Å². The van der Waals surface area contributed by atoms with E-state index in [1.54, 1.807) is 0 Å². The van der Waals surface area contributed by atoms with Gasteiger partial charge in [0.2, 0.25) is 0 Å². The van der Waals surface area contributed by atoms with E-state index in [0.29, 0.717) is 17.5 Å². The van der Waals surface area contributed by atoms with Gasteiger partial charge in [-0.1, -0.05) is 194 Å². The van der Waals surface area contributed by atoms with Crippen LogP contribution in [0.4, 0.5) is 0 Å². The molecule has 56 heavy (non-hydrogen) atoms. The van der Waals surface area contributed by atoms with Crippen molar-refractivity contribution < 1.29 is 0 Å². The first-order valence-electron chi connectivity index (χ1n) is 19.0. The van der Waals surface area contributed by atoms with Crippen LogP contribution in [0.2, 0.25) is 0 Å². The molecule has 260 valence electrons. The molecule has 10 aromatic carbocycles. The smallest absolute Gasteiger partial charge is 0.164 e. The van der Waals surface area contributed by atoms with Crippen LogP contribution in [0.25, 0.3) is 110 Å².